The predicted molar refractivity (Wildman–Crippen MR) is 65.9 cm³/mol. The first-order valence-electron chi connectivity index (χ1n) is 5.38. The molecule has 0 amide bonds. The van der Waals surface area contributed by atoms with Gasteiger partial charge in [-0.15, -0.1) is 0 Å². The number of hydrogen-bond acceptors (Lipinski definition) is 3. The third kappa shape index (κ3) is 4.60. The minimum Gasteiger partial charge on any atom is -0.382 e. The molecule has 96 valence electrons. The summed E-state index contributed by atoms with van der Waals surface area (Å²) in [5.41, 5.74) is 0.701. The zero-order chi connectivity index (χ0) is 12.7. The van der Waals surface area contributed by atoms with E-state index in [1.54, 1.807) is 20.2 Å². The highest BCUT2D eigenvalue weighted by molar-refractivity contribution is 6.31. The molecule has 5 heteroatoms. The Morgan fingerprint density at radius 2 is 2.18 bits per heavy atom. The Morgan fingerprint density at radius 1 is 1.41 bits per heavy atom. The lowest BCUT2D eigenvalue weighted by atomic mass is 10.1. The Balaban J connectivity index is 2.62. The molecule has 0 aliphatic carbocycles. The fraction of sp³-hybridized carbons (Fsp3) is 0.500. The van der Waals surface area contributed by atoms with Gasteiger partial charge in [0.1, 0.15) is 5.82 Å². The number of methoxy groups -OCH3 is 1. The van der Waals surface area contributed by atoms with Crippen LogP contribution in [0.2, 0.25) is 5.02 Å². The molecule has 1 rings (SSSR count). The molecule has 1 atom stereocenters. The number of likely N-dealkylation sites (N-methyl/N-ethyl adjacent to an activating group) is 1. The van der Waals surface area contributed by atoms with Crippen molar-refractivity contribution in [1.29, 1.82) is 0 Å². The van der Waals surface area contributed by atoms with Crippen LogP contribution in [-0.2, 0) is 9.47 Å². The number of ether oxygens (including phenoxy) is 2. The first-order chi connectivity index (χ1) is 8.19. The van der Waals surface area contributed by atoms with E-state index in [9.17, 15) is 4.39 Å². The maximum Gasteiger partial charge on any atom is 0.123 e. The van der Waals surface area contributed by atoms with Gasteiger partial charge in [0, 0.05) is 12.1 Å². The molecular weight excluding hydrogens is 245 g/mol. The summed E-state index contributed by atoms with van der Waals surface area (Å²) in [5, 5.41) is 3.58. The highest BCUT2D eigenvalue weighted by atomic mass is 35.5. The Kier molecular flexibility index (Phi) is 6.44. The van der Waals surface area contributed by atoms with Crippen LogP contribution in [0.1, 0.15) is 11.6 Å². The fourth-order valence-electron chi connectivity index (χ4n) is 1.45. The minimum absolute atomic E-state index is 0.130. The second-order valence-electron chi connectivity index (χ2n) is 3.57. The van der Waals surface area contributed by atoms with E-state index in [-0.39, 0.29) is 11.9 Å². The van der Waals surface area contributed by atoms with Crippen LogP contribution in [0.4, 0.5) is 4.39 Å². The average Bonchev–Trinajstić information content (AvgIpc) is 2.33. The summed E-state index contributed by atoms with van der Waals surface area (Å²) in [6.07, 6.45) is 0. The molecule has 0 aliphatic heterocycles. The monoisotopic (exact) mass is 261 g/mol. The largest absolute Gasteiger partial charge is 0.382 e. The lowest BCUT2D eigenvalue weighted by Crippen LogP contribution is -2.23. The summed E-state index contributed by atoms with van der Waals surface area (Å²) in [6, 6.07) is 4.18. The fourth-order valence-corrected chi connectivity index (χ4v) is 1.70. The van der Waals surface area contributed by atoms with E-state index in [2.05, 4.69) is 5.32 Å². The third-order valence-electron chi connectivity index (χ3n) is 2.40. The molecule has 0 aliphatic rings. The molecule has 0 heterocycles. The lowest BCUT2D eigenvalue weighted by Gasteiger charge is -2.18. The first kappa shape index (κ1) is 14.4. The van der Waals surface area contributed by atoms with E-state index in [4.69, 9.17) is 21.1 Å². The highest BCUT2D eigenvalue weighted by Gasteiger charge is 2.13. The Hall–Kier alpha value is -0.680. The molecule has 1 aromatic rings. The molecule has 0 fully saturated rings. The van der Waals surface area contributed by atoms with Crippen LogP contribution in [0.3, 0.4) is 0 Å². The van der Waals surface area contributed by atoms with Crippen molar-refractivity contribution in [2.75, 3.05) is 34.0 Å². The van der Waals surface area contributed by atoms with Crippen LogP contribution in [-0.4, -0.2) is 34.0 Å². The van der Waals surface area contributed by atoms with Gasteiger partial charge in [-0.05, 0) is 30.8 Å². The minimum atomic E-state index is -0.304. The van der Waals surface area contributed by atoms with Gasteiger partial charge in [-0.1, -0.05) is 11.6 Å². The zero-order valence-corrected chi connectivity index (χ0v) is 10.8. The second kappa shape index (κ2) is 7.61. The number of nitrogens with one attached hydrogen (secondary N) is 1. The van der Waals surface area contributed by atoms with E-state index in [1.807, 2.05) is 0 Å². The Labute approximate surface area is 106 Å². The normalized spacial score (nSPS) is 12.7. The summed E-state index contributed by atoms with van der Waals surface area (Å²) in [5.74, 6) is -0.304. The molecule has 17 heavy (non-hydrogen) atoms. The first-order valence-corrected chi connectivity index (χ1v) is 5.75. The molecule has 0 aromatic heterocycles. The summed E-state index contributed by atoms with van der Waals surface area (Å²) in [4.78, 5) is 0. The van der Waals surface area contributed by atoms with Crippen molar-refractivity contribution in [3.63, 3.8) is 0 Å². The highest BCUT2D eigenvalue weighted by Crippen LogP contribution is 2.23. The molecule has 0 spiro atoms. The van der Waals surface area contributed by atoms with Crippen molar-refractivity contribution in [1.82, 2.24) is 5.32 Å². The summed E-state index contributed by atoms with van der Waals surface area (Å²) in [6.45, 7) is 1.46. The predicted octanol–water partition coefficient (Wildman–Crippen LogP) is 2.40. The molecule has 0 saturated heterocycles. The quantitative estimate of drug-likeness (QED) is 0.765. The number of hydrogen-bond donors (Lipinski definition) is 1. The molecule has 0 radical (unpaired) electrons. The van der Waals surface area contributed by atoms with Crippen LogP contribution in [0.5, 0.6) is 0 Å². The maximum absolute atomic E-state index is 13.1. The summed E-state index contributed by atoms with van der Waals surface area (Å²) < 4.78 is 23.4. The number of benzene rings is 1. The molecule has 3 nitrogen and oxygen atoms in total. The Bertz CT molecular complexity index is 349. The van der Waals surface area contributed by atoms with E-state index in [0.29, 0.717) is 30.4 Å². The van der Waals surface area contributed by atoms with Crippen molar-refractivity contribution in [3.8, 4) is 0 Å². The van der Waals surface area contributed by atoms with Gasteiger partial charge in [0.2, 0.25) is 0 Å². The second-order valence-corrected chi connectivity index (χ2v) is 3.98. The summed E-state index contributed by atoms with van der Waals surface area (Å²) in [7, 11) is 3.40. The van der Waals surface area contributed by atoms with Gasteiger partial charge in [0.05, 0.1) is 25.9 Å². The van der Waals surface area contributed by atoms with Gasteiger partial charge in [-0.3, -0.25) is 0 Å². The lowest BCUT2D eigenvalue weighted by molar-refractivity contribution is 0.0596. The van der Waals surface area contributed by atoms with Crippen molar-refractivity contribution in [2.24, 2.45) is 0 Å². The van der Waals surface area contributed by atoms with Crippen molar-refractivity contribution < 1.29 is 13.9 Å². The van der Waals surface area contributed by atoms with Crippen LogP contribution >= 0.6 is 11.6 Å². The standard InChI is InChI=1S/C12H17ClFNO2/c1-15-12(8-17-6-5-16-2)10-7-9(14)3-4-11(10)13/h3-4,7,12,15H,5-6,8H2,1-2H3. The molecule has 0 saturated carbocycles. The van der Waals surface area contributed by atoms with Crippen LogP contribution < -0.4 is 5.32 Å². The van der Waals surface area contributed by atoms with E-state index >= 15 is 0 Å². The smallest absolute Gasteiger partial charge is 0.123 e. The number of halogens is 2. The molecule has 0 bridgehead atoms. The maximum atomic E-state index is 13.1. The molecule has 1 N–H and O–H groups in total. The molecule has 1 unspecified atom stereocenters. The molecular formula is C12H17ClFNO2. The third-order valence-corrected chi connectivity index (χ3v) is 2.74. The van der Waals surface area contributed by atoms with Gasteiger partial charge in [-0.2, -0.15) is 0 Å². The Morgan fingerprint density at radius 3 is 2.82 bits per heavy atom. The molecule has 1 aromatic carbocycles. The van der Waals surface area contributed by atoms with Crippen molar-refractivity contribution in [2.45, 2.75) is 6.04 Å². The topological polar surface area (TPSA) is 30.5 Å². The van der Waals surface area contributed by atoms with Gasteiger partial charge in [0.15, 0.2) is 0 Å². The van der Waals surface area contributed by atoms with Crippen molar-refractivity contribution >= 4 is 11.6 Å². The van der Waals surface area contributed by atoms with E-state index in [1.165, 1.54) is 12.1 Å². The number of rotatable bonds is 7. The van der Waals surface area contributed by atoms with Crippen molar-refractivity contribution in [3.05, 3.63) is 34.6 Å². The van der Waals surface area contributed by atoms with Gasteiger partial charge in [-0.25, -0.2) is 4.39 Å². The summed E-state index contributed by atoms with van der Waals surface area (Å²) >= 11 is 6.02. The van der Waals surface area contributed by atoms with Crippen LogP contribution in [0.25, 0.3) is 0 Å². The SMILES string of the molecule is CNC(COCCOC)c1cc(F)ccc1Cl. The van der Waals surface area contributed by atoms with Gasteiger partial charge >= 0.3 is 0 Å². The van der Waals surface area contributed by atoms with E-state index < -0.39 is 0 Å². The zero-order valence-electron chi connectivity index (χ0n) is 10.0. The van der Waals surface area contributed by atoms with Crippen LogP contribution in [0, 0.1) is 5.82 Å². The average molecular weight is 262 g/mol. The van der Waals surface area contributed by atoms with E-state index in [0.717, 1.165) is 0 Å². The van der Waals surface area contributed by atoms with Gasteiger partial charge in [0.25, 0.3) is 0 Å². The van der Waals surface area contributed by atoms with Gasteiger partial charge < -0.3 is 14.8 Å². The van der Waals surface area contributed by atoms with Crippen LogP contribution in [0.15, 0.2) is 18.2 Å².